The van der Waals surface area contributed by atoms with Crippen LogP contribution >= 0.6 is 11.6 Å². The zero-order chi connectivity index (χ0) is 19.8. The Balaban J connectivity index is 1.53. The molecule has 0 bridgehead atoms. The number of rotatable bonds is 6. The van der Waals surface area contributed by atoms with Gasteiger partial charge in [-0.3, -0.25) is 9.79 Å². The van der Waals surface area contributed by atoms with Crippen LogP contribution in [0.5, 0.6) is 0 Å². The number of benzene rings is 2. The molecule has 2 aromatic carbocycles. The number of likely N-dealkylation sites (tertiary alicyclic amines) is 1. The van der Waals surface area contributed by atoms with Crippen molar-refractivity contribution in [2.24, 2.45) is 4.99 Å². The summed E-state index contributed by atoms with van der Waals surface area (Å²) in [5.41, 5.74) is 1.87. The summed E-state index contributed by atoms with van der Waals surface area (Å²) in [5, 5.41) is 6.71. The fourth-order valence-electron chi connectivity index (χ4n) is 3.45. The molecule has 0 spiro atoms. The maximum atomic E-state index is 12.2. The highest BCUT2D eigenvalue weighted by Gasteiger charge is 2.25. The molecule has 0 aromatic heterocycles. The zero-order valence-electron chi connectivity index (χ0n) is 16.2. The van der Waals surface area contributed by atoms with Crippen LogP contribution in [0.4, 0.5) is 0 Å². The molecule has 5 nitrogen and oxygen atoms in total. The van der Waals surface area contributed by atoms with Crippen LogP contribution in [0.15, 0.2) is 59.6 Å². The minimum Gasteiger partial charge on any atom is -0.357 e. The quantitative estimate of drug-likeness (QED) is 0.444. The maximum Gasteiger partial charge on any atom is 0.252 e. The minimum atomic E-state index is -0.170. The third-order valence-electron chi connectivity index (χ3n) is 4.87. The molecular formula is C22H27ClN4O. The Kier molecular flexibility index (Phi) is 7.31. The molecule has 1 aliphatic heterocycles. The number of amides is 1. The van der Waals surface area contributed by atoms with E-state index in [1.807, 2.05) is 6.07 Å². The average molecular weight is 399 g/mol. The summed E-state index contributed by atoms with van der Waals surface area (Å²) in [6.45, 7) is 5.82. The Labute approximate surface area is 171 Å². The highest BCUT2D eigenvalue weighted by atomic mass is 35.5. The lowest BCUT2D eigenvalue weighted by Gasteiger charge is -2.22. The van der Waals surface area contributed by atoms with Gasteiger partial charge in [-0.1, -0.05) is 54.1 Å². The number of hydrogen-bond acceptors (Lipinski definition) is 2. The van der Waals surface area contributed by atoms with Gasteiger partial charge in [0.25, 0.3) is 5.91 Å². The van der Waals surface area contributed by atoms with Gasteiger partial charge in [-0.05, 0) is 31.0 Å². The summed E-state index contributed by atoms with van der Waals surface area (Å²) in [6.07, 6.45) is 1.12. The van der Waals surface area contributed by atoms with E-state index in [9.17, 15) is 4.79 Å². The maximum absolute atomic E-state index is 12.2. The highest BCUT2D eigenvalue weighted by Crippen LogP contribution is 2.26. The number of hydrogen-bond donors (Lipinski definition) is 2. The number of halogens is 1. The monoisotopic (exact) mass is 398 g/mol. The fraction of sp³-hybridized carbons (Fsp3) is 0.364. The SMILES string of the molecule is CCNC(=NCCNC(=O)c1ccccc1Cl)N1CCC(c2ccccc2)C1. The smallest absolute Gasteiger partial charge is 0.252 e. The lowest BCUT2D eigenvalue weighted by atomic mass is 9.99. The van der Waals surface area contributed by atoms with Crippen LogP contribution in [0.3, 0.4) is 0 Å². The first-order chi connectivity index (χ1) is 13.7. The topological polar surface area (TPSA) is 56.7 Å². The number of nitrogens with one attached hydrogen (secondary N) is 2. The van der Waals surface area contributed by atoms with Gasteiger partial charge in [-0.15, -0.1) is 0 Å². The van der Waals surface area contributed by atoms with Crippen molar-refractivity contribution in [1.82, 2.24) is 15.5 Å². The molecule has 1 heterocycles. The standard InChI is InChI=1S/C22H27ClN4O/c1-2-24-22(27-15-12-18(16-27)17-8-4-3-5-9-17)26-14-13-25-21(28)19-10-6-7-11-20(19)23/h3-11,18H,2,12-16H2,1H3,(H,24,26)(H,25,28). The van der Waals surface area contributed by atoms with E-state index in [0.29, 0.717) is 29.6 Å². The predicted molar refractivity (Wildman–Crippen MR) is 115 cm³/mol. The summed E-state index contributed by atoms with van der Waals surface area (Å²) in [4.78, 5) is 19.2. The molecule has 1 amide bonds. The average Bonchev–Trinajstić information content (AvgIpc) is 3.21. The van der Waals surface area contributed by atoms with Crippen LogP contribution in [-0.2, 0) is 0 Å². The van der Waals surface area contributed by atoms with E-state index in [1.54, 1.807) is 18.2 Å². The van der Waals surface area contributed by atoms with Crippen LogP contribution in [0.1, 0.15) is 35.2 Å². The molecule has 1 unspecified atom stereocenters. The van der Waals surface area contributed by atoms with Crippen molar-refractivity contribution in [3.05, 3.63) is 70.7 Å². The highest BCUT2D eigenvalue weighted by molar-refractivity contribution is 6.33. The fourth-order valence-corrected chi connectivity index (χ4v) is 3.67. The molecule has 2 N–H and O–H groups in total. The molecule has 2 aromatic rings. The van der Waals surface area contributed by atoms with Gasteiger partial charge >= 0.3 is 0 Å². The van der Waals surface area contributed by atoms with Crippen LogP contribution in [0.2, 0.25) is 5.02 Å². The van der Waals surface area contributed by atoms with E-state index in [1.165, 1.54) is 5.56 Å². The zero-order valence-corrected chi connectivity index (χ0v) is 17.0. The van der Waals surface area contributed by atoms with Crippen LogP contribution in [0.25, 0.3) is 0 Å². The number of nitrogens with zero attached hydrogens (tertiary/aromatic N) is 2. The molecule has 3 rings (SSSR count). The van der Waals surface area contributed by atoms with Gasteiger partial charge in [-0.25, -0.2) is 0 Å². The van der Waals surface area contributed by atoms with Crippen molar-refractivity contribution in [1.29, 1.82) is 0 Å². The molecule has 1 fully saturated rings. The lowest BCUT2D eigenvalue weighted by Crippen LogP contribution is -2.40. The van der Waals surface area contributed by atoms with Crippen molar-refractivity contribution < 1.29 is 4.79 Å². The van der Waals surface area contributed by atoms with Gasteiger partial charge < -0.3 is 15.5 Å². The molecule has 1 atom stereocenters. The van der Waals surface area contributed by atoms with Crippen molar-refractivity contribution in [2.75, 3.05) is 32.7 Å². The molecule has 0 saturated carbocycles. The van der Waals surface area contributed by atoms with Gasteiger partial charge in [0.2, 0.25) is 0 Å². The van der Waals surface area contributed by atoms with Gasteiger partial charge in [0.1, 0.15) is 0 Å². The van der Waals surface area contributed by atoms with Gasteiger partial charge in [-0.2, -0.15) is 0 Å². The summed E-state index contributed by atoms with van der Waals surface area (Å²) < 4.78 is 0. The molecule has 6 heteroatoms. The molecule has 0 radical (unpaired) electrons. The summed E-state index contributed by atoms with van der Waals surface area (Å²) in [7, 11) is 0. The summed E-state index contributed by atoms with van der Waals surface area (Å²) in [5.74, 6) is 1.27. The first-order valence-electron chi connectivity index (χ1n) is 9.80. The first kappa shape index (κ1) is 20.2. The van der Waals surface area contributed by atoms with E-state index in [-0.39, 0.29) is 5.91 Å². The number of carbonyl (C=O) groups is 1. The predicted octanol–water partition coefficient (Wildman–Crippen LogP) is 3.52. The van der Waals surface area contributed by atoms with Gasteiger partial charge in [0, 0.05) is 32.1 Å². The van der Waals surface area contributed by atoms with Crippen LogP contribution in [0, 0.1) is 0 Å². The van der Waals surface area contributed by atoms with Crippen molar-refractivity contribution in [3.63, 3.8) is 0 Å². The second kappa shape index (κ2) is 10.1. The van der Waals surface area contributed by atoms with Crippen LogP contribution in [-0.4, -0.2) is 49.5 Å². The Morgan fingerprint density at radius 1 is 1.14 bits per heavy atom. The normalized spacial score (nSPS) is 16.9. The third-order valence-corrected chi connectivity index (χ3v) is 5.20. The Morgan fingerprint density at radius 3 is 2.64 bits per heavy atom. The number of aliphatic imine (C=N–C) groups is 1. The van der Waals surface area contributed by atoms with Crippen molar-refractivity contribution in [2.45, 2.75) is 19.3 Å². The van der Waals surface area contributed by atoms with E-state index in [4.69, 9.17) is 16.6 Å². The van der Waals surface area contributed by atoms with E-state index in [0.717, 1.165) is 32.0 Å². The minimum absolute atomic E-state index is 0.170. The molecule has 0 aliphatic carbocycles. The first-order valence-corrected chi connectivity index (χ1v) is 10.2. The third kappa shape index (κ3) is 5.26. The second-order valence-corrected chi connectivity index (χ2v) is 7.22. The van der Waals surface area contributed by atoms with Gasteiger partial charge in [0.05, 0.1) is 17.1 Å². The molecule has 1 saturated heterocycles. The Bertz CT molecular complexity index is 809. The van der Waals surface area contributed by atoms with Crippen LogP contribution < -0.4 is 10.6 Å². The van der Waals surface area contributed by atoms with E-state index in [2.05, 4.69) is 52.8 Å². The molecule has 1 aliphatic rings. The molecule has 148 valence electrons. The largest absolute Gasteiger partial charge is 0.357 e. The number of guanidine groups is 1. The molecule has 28 heavy (non-hydrogen) atoms. The summed E-state index contributed by atoms with van der Waals surface area (Å²) in [6, 6.07) is 17.7. The van der Waals surface area contributed by atoms with Gasteiger partial charge in [0.15, 0.2) is 5.96 Å². The van der Waals surface area contributed by atoms with E-state index < -0.39 is 0 Å². The summed E-state index contributed by atoms with van der Waals surface area (Å²) >= 11 is 6.07. The van der Waals surface area contributed by atoms with Crippen molar-refractivity contribution in [3.8, 4) is 0 Å². The number of carbonyl (C=O) groups excluding carboxylic acids is 1. The Morgan fingerprint density at radius 2 is 1.89 bits per heavy atom. The molecular weight excluding hydrogens is 372 g/mol. The van der Waals surface area contributed by atoms with Crippen molar-refractivity contribution >= 4 is 23.5 Å². The van der Waals surface area contributed by atoms with E-state index >= 15 is 0 Å². The second-order valence-electron chi connectivity index (χ2n) is 6.81. The Hall–Kier alpha value is -2.53. The lowest BCUT2D eigenvalue weighted by molar-refractivity contribution is 0.0955.